The first-order chi connectivity index (χ1) is 5.77. The first-order valence-corrected chi connectivity index (χ1v) is 4.73. The molecule has 0 bridgehead atoms. The maximum absolute atomic E-state index is 11.2. The van der Waals surface area contributed by atoms with Gasteiger partial charge in [0.05, 0.1) is 12.1 Å². The summed E-state index contributed by atoms with van der Waals surface area (Å²) in [5, 5.41) is 3.00. The average Bonchev–Trinajstić information content (AvgIpc) is 2.07. The number of hydrogen-bond donors (Lipinski definition) is 1. The summed E-state index contributed by atoms with van der Waals surface area (Å²) < 4.78 is 5.59. The molecule has 1 amide bonds. The molecule has 12 heavy (non-hydrogen) atoms. The number of amides is 1. The Labute approximate surface area is 72.5 Å². The molecule has 1 unspecified atom stereocenters. The molecule has 0 aromatic rings. The van der Waals surface area contributed by atoms with Crippen molar-refractivity contribution < 1.29 is 9.53 Å². The minimum atomic E-state index is -0.246. The fourth-order valence-corrected chi connectivity index (χ4v) is 2.05. The van der Waals surface area contributed by atoms with Gasteiger partial charge in [0.15, 0.2) is 0 Å². The normalized spacial score (nSPS) is 41.8. The molecule has 3 nitrogen and oxygen atoms in total. The van der Waals surface area contributed by atoms with Gasteiger partial charge >= 0.3 is 0 Å². The average molecular weight is 169 g/mol. The first-order valence-electron chi connectivity index (χ1n) is 4.73. The Balaban J connectivity index is 2.02. The van der Waals surface area contributed by atoms with Gasteiger partial charge in [0.1, 0.15) is 6.10 Å². The highest BCUT2D eigenvalue weighted by molar-refractivity contribution is 5.81. The standard InChI is InChI=1S/C9H15NO2/c1-6-9(11)10-7-4-2-3-5-8(7)12-6/h6-8H,2-5H2,1H3,(H,10,11)/t6-,7-,8?/m1/s1. The van der Waals surface area contributed by atoms with Crippen LogP contribution in [0.4, 0.5) is 0 Å². The minimum Gasteiger partial charge on any atom is -0.363 e. The van der Waals surface area contributed by atoms with Gasteiger partial charge in [-0.3, -0.25) is 4.79 Å². The summed E-state index contributed by atoms with van der Waals surface area (Å²) >= 11 is 0. The Kier molecular flexibility index (Phi) is 2.05. The molecular weight excluding hydrogens is 154 g/mol. The molecular formula is C9H15NO2. The maximum atomic E-state index is 11.2. The van der Waals surface area contributed by atoms with Gasteiger partial charge in [-0.2, -0.15) is 0 Å². The lowest BCUT2D eigenvalue weighted by Gasteiger charge is -2.38. The quantitative estimate of drug-likeness (QED) is 0.583. The highest BCUT2D eigenvalue weighted by Gasteiger charge is 2.35. The van der Waals surface area contributed by atoms with Crippen LogP contribution in [-0.2, 0) is 9.53 Å². The molecule has 1 heterocycles. The van der Waals surface area contributed by atoms with Crippen LogP contribution in [0.5, 0.6) is 0 Å². The zero-order chi connectivity index (χ0) is 8.55. The van der Waals surface area contributed by atoms with E-state index in [1.54, 1.807) is 0 Å². The molecule has 1 aliphatic heterocycles. The number of ether oxygens (including phenoxy) is 1. The number of hydrogen-bond acceptors (Lipinski definition) is 2. The van der Waals surface area contributed by atoms with E-state index >= 15 is 0 Å². The molecule has 0 aromatic carbocycles. The molecule has 3 heteroatoms. The zero-order valence-corrected chi connectivity index (χ0v) is 7.38. The molecule has 1 saturated heterocycles. The van der Waals surface area contributed by atoms with Crippen molar-refractivity contribution in [2.24, 2.45) is 0 Å². The fourth-order valence-electron chi connectivity index (χ4n) is 2.05. The number of nitrogens with one attached hydrogen (secondary N) is 1. The van der Waals surface area contributed by atoms with Gasteiger partial charge in [-0.1, -0.05) is 12.8 Å². The van der Waals surface area contributed by atoms with E-state index < -0.39 is 0 Å². The van der Waals surface area contributed by atoms with Crippen molar-refractivity contribution in [2.75, 3.05) is 0 Å². The lowest BCUT2D eigenvalue weighted by atomic mass is 9.91. The van der Waals surface area contributed by atoms with Gasteiger partial charge in [0.2, 0.25) is 5.91 Å². The van der Waals surface area contributed by atoms with E-state index in [0.29, 0.717) is 6.04 Å². The molecule has 68 valence electrons. The van der Waals surface area contributed by atoms with Crippen molar-refractivity contribution >= 4 is 5.91 Å². The lowest BCUT2D eigenvalue weighted by Crippen LogP contribution is -2.56. The number of rotatable bonds is 0. The summed E-state index contributed by atoms with van der Waals surface area (Å²) in [5.41, 5.74) is 0. The van der Waals surface area contributed by atoms with E-state index in [0.717, 1.165) is 12.8 Å². The predicted octanol–water partition coefficient (Wildman–Crippen LogP) is 0.832. The number of morpholine rings is 1. The second-order valence-corrected chi connectivity index (χ2v) is 3.72. The Morgan fingerprint density at radius 2 is 2.17 bits per heavy atom. The van der Waals surface area contributed by atoms with Crippen LogP contribution in [0.1, 0.15) is 32.6 Å². The summed E-state index contributed by atoms with van der Waals surface area (Å²) in [6.07, 6.45) is 4.69. The SMILES string of the molecule is C[C@H]1OC2CCCC[C@H]2NC1=O. The minimum absolute atomic E-state index is 0.0538. The first kappa shape index (κ1) is 8.05. The second kappa shape index (κ2) is 3.05. The van der Waals surface area contributed by atoms with Gasteiger partial charge in [-0.25, -0.2) is 0 Å². The summed E-state index contributed by atoms with van der Waals surface area (Å²) in [6.45, 7) is 1.82. The molecule has 2 rings (SSSR count). The van der Waals surface area contributed by atoms with E-state index in [2.05, 4.69) is 5.32 Å². The van der Waals surface area contributed by atoms with Crippen molar-refractivity contribution in [2.45, 2.75) is 50.9 Å². The lowest BCUT2D eigenvalue weighted by molar-refractivity contribution is -0.150. The van der Waals surface area contributed by atoms with Crippen LogP contribution in [0.15, 0.2) is 0 Å². The van der Waals surface area contributed by atoms with E-state index in [1.165, 1.54) is 12.8 Å². The third-order valence-electron chi connectivity index (χ3n) is 2.78. The zero-order valence-electron chi connectivity index (χ0n) is 7.38. The molecule has 0 aromatic heterocycles. The molecule has 1 saturated carbocycles. The Morgan fingerprint density at radius 3 is 3.00 bits per heavy atom. The van der Waals surface area contributed by atoms with Gasteiger partial charge < -0.3 is 10.1 Å². The summed E-state index contributed by atoms with van der Waals surface area (Å²) in [6, 6.07) is 0.294. The second-order valence-electron chi connectivity index (χ2n) is 3.72. The van der Waals surface area contributed by atoms with Gasteiger partial charge in [-0.05, 0) is 19.8 Å². The number of carbonyl (C=O) groups excluding carboxylic acids is 1. The Hall–Kier alpha value is -0.570. The number of fused-ring (bicyclic) bond motifs is 1. The maximum Gasteiger partial charge on any atom is 0.249 e. The van der Waals surface area contributed by atoms with Crippen molar-refractivity contribution in [3.05, 3.63) is 0 Å². The third kappa shape index (κ3) is 1.33. The van der Waals surface area contributed by atoms with Crippen LogP contribution in [-0.4, -0.2) is 24.2 Å². The molecule has 0 radical (unpaired) electrons. The van der Waals surface area contributed by atoms with E-state index in [4.69, 9.17) is 4.74 Å². The Bertz CT molecular complexity index is 193. The van der Waals surface area contributed by atoms with Crippen LogP contribution >= 0.6 is 0 Å². The molecule has 2 fully saturated rings. The highest BCUT2D eigenvalue weighted by Crippen LogP contribution is 2.25. The van der Waals surface area contributed by atoms with Gasteiger partial charge in [0.25, 0.3) is 0 Å². The molecule has 0 spiro atoms. The van der Waals surface area contributed by atoms with Crippen LogP contribution in [0, 0.1) is 0 Å². The van der Waals surface area contributed by atoms with Crippen molar-refractivity contribution in [3.8, 4) is 0 Å². The van der Waals surface area contributed by atoms with Gasteiger partial charge in [0, 0.05) is 0 Å². The van der Waals surface area contributed by atoms with Crippen LogP contribution in [0.25, 0.3) is 0 Å². The van der Waals surface area contributed by atoms with Crippen LogP contribution in [0.2, 0.25) is 0 Å². The van der Waals surface area contributed by atoms with E-state index in [9.17, 15) is 4.79 Å². The smallest absolute Gasteiger partial charge is 0.249 e. The summed E-state index contributed by atoms with van der Waals surface area (Å²) in [5.74, 6) is 0.0538. The number of carbonyl (C=O) groups is 1. The van der Waals surface area contributed by atoms with Crippen molar-refractivity contribution in [1.29, 1.82) is 0 Å². The molecule has 2 aliphatic rings. The van der Waals surface area contributed by atoms with E-state index in [1.807, 2.05) is 6.92 Å². The summed E-state index contributed by atoms with van der Waals surface area (Å²) in [4.78, 5) is 11.2. The monoisotopic (exact) mass is 169 g/mol. The van der Waals surface area contributed by atoms with Crippen molar-refractivity contribution in [3.63, 3.8) is 0 Å². The molecule has 1 N–H and O–H groups in total. The van der Waals surface area contributed by atoms with Crippen LogP contribution < -0.4 is 5.32 Å². The Morgan fingerprint density at radius 1 is 1.42 bits per heavy atom. The highest BCUT2D eigenvalue weighted by atomic mass is 16.5. The molecule has 1 aliphatic carbocycles. The third-order valence-corrected chi connectivity index (χ3v) is 2.78. The fraction of sp³-hybridized carbons (Fsp3) is 0.889. The topological polar surface area (TPSA) is 38.3 Å². The summed E-state index contributed by atoms with van der Waals surface area (Å²) in [7, 11) is 0. The predicted molar refractivity (Wildman–Crippen MR) is 44.7 cm³/mol. The van der Waals surface area contributed by atoms with E-state index in [-0.39, 0.29) is 18.1 Å². The molecule has 3 atom stereocenters. The van der Waals surface area contributed by atoms with Crippen molar-refractivity contribution in [1.82, 2.24) is 5.32 Å². The van der Waals surface area contributed by atoms with Crippen LogP contribution in [0.3, 0.4) is 0 Å². The van der Waals surface area contributed by atoms with Gasteiger partial charge in [-0.15, -0.1) is 0 Å². The largest absolute Gasteiger partial charge is 0.363 e.